The molecule has 1 saturated heterocycles. The summed E-state index contributed by atoms with van der Waals surface area (Å²) in [7, 11) is 0. The van der Waals surface area contributed by atoms with E-state index in [1.165, 1.54) is 12.8 Å². The van der Waals surface area contributed by atoms with Gasteiger partial charge in [0.1, 0.15) is 5.72 Å². The molecule has 1 unspecified atom stereocenters. The molecule has 0 aromatic heterocycles. The topological polar surface area (TPSA) is 41.6 Å². The first-order valence-electron chi connectivity index (χ1n) is 8.01. The molecule has 1 atom stereocenters. The van der Waals surface area contributed by atoms with Crippen molar-refractivity contribution in [2.45, 2.75) is 57.3 Å². The number of para-hydroxylation sites is 1. The first-order valence-corrected chi connectivity index (χ1v) is 8.01. The Morgan fingerprint density at radius 2 is 1.86 bits per heavy atom. The lowest BCUT2D eigenvalue weighted by Crippen LogP contribution is -2.49. The second-order valence-electron chi connectivity index (χ2n) is 6.20. The molecule has 1 heterocycles. The van der Waals surface area contributed by atoms with Gasteiger partial charge in [0, 0.05) is 5.69 Å². The lowest BCUT2D eigenvalue weighted by molar-refractivity contribution is -0.0932. The molecule has 1 aromatic carbocycles. The van der Waals surface area contributed by atoms with Crippen LogP contribution in [0.5, 0.6) is 0 Å². The van der Waals surface area contributed by atoms with E-state index in [0.717, 1.165) is 31.4 Å². The van der Waals surface area contributed by atoms with E-state index < -0.39 is 0 Å². The Morgan fingerprint density at radius 1 is 1.19 bits per heavy atom. The zero-order chi connectivity index (χ0) is 14.7. The van der Waals surface area contributed by atoms with Gasteiger partial charge < -0.3 is 10.1 Å². The number of hydrogen-bond acceptors (Lipinski definition) is 2. The summed E-state index contributed by atoms with van der Waals surface area (Å²) in [5.74, 6) is 0. The molecule has 0 bridgehead atoms. The number of nitrogens with one attached hydrogen (secondary N) is 1. The number of hydrogen-bond donors (Lipinski definition) is 1. The summed E-state index contributed by atoms with van der Waals surface area (Å²) in [6.07, 6.45) is 6.80. The molecule has 4 nitrogen and oxygen atoms in total. The lowest BCUT2D eigenvalue weighted by Gasteiger charge is -2.36. The highest BCUT2D eigenvalue weighted by Crippen LogP contribution is 2.39. The third-order valence-electron chi connectivity index (χ3n) is 4.51. The quantitative estimate of drug-likeness (QED) is 0.849. The van der Waals surface area contributed by atoms with Crippen molar-refractivity contribution < 1.29 is 9.53 Å². The molecule has 2 fully saturated rings. The van der Waals surface area contributed by atoms with Crippen LogP contribution in [0.25, 0.3) is 0 Å². The van der Waals surface area contributed by atoms with Gasteiger partial charge in [0.2, 0.25) is 0 Å². The van der Waals surface area contributed by atoms with E-state index in [2.05, 4.69) is 12.2 Å². The third-order valence-corrected chi connectivity index (χ3v) is 4.51. The van der Waals surface area contributed by atoms with Crippen molar-refractivity contribution in [1.29, 1.82) is 0 Å². The maximum atomic E-state index is 12.7. The van der Waals surface area contributed by atoms with Crippen molar-refractivity contribution in [1.82, 2.24) is 4.90 Å². The summed E-state index contributed by atoms with van der Waals surface area (Å²) in [4.78, 5) is 14.6. The first kappa shape index (κ1) is 14.4. The van der Waals surface area contributed by atoms with E-state index in [4.69, 9.17) is 4.74 Å². The van der Waals surface area contributed by atoms with Crippen LogP contribution in [0.1, 0.15) is 45.4 Å². The van der Waals surface area contributed by atoms with Gasteiger partial charge in [-0.2, -0.15) is 0 Å². The summed E-state index contributed by atoms with van der Waals surface area (Å²) >= 11 is 0. The standard InChI is InChI=1S/C17H24N2O2/c1-14-13-19(16(20)18-15-9-5-4-6-10-15)17(21-14)11-7-2-3-8-12-17/h4-6,9-10,14H,2-3,7-8,11-13H2,1H3,(H,18,20). The summed E-state index contributed by atoms with van der Waals surface area (Å²) < 4.78 is 6.21. The van der Waals surface area contributed by atoms with Crippen LogP contribution in [0.3, 0.4) is 0 Å². The zero-order valence-corrected chi connectivity index (χ0v) is 12.7. The average Bonchev–Trinajstić information content (AvgIpc) is 2.65. The van der Waals surface area contributed by atoms with Gasteiger partial charge in [-0.15, -0.1) is 0 Å². The Morgan fingerprint density at radius 3 is 2.52 bits per heavy atom. The molecule has 1 saturated carbocycles. The minimum atomic E-state index is -0.380. The van der Waals surface area contributed by atoms with E-state index in [1.807, 2.05) is 35.2 Å². The summed E-state index contributed by atoms with van der Waals surface area (Å²) in [5, 5.41) is 3.00. The molecule has 21 heavy (non-hydrogen) atoms. The Hall–Kier alpha value is -1.55. The molecule has 114 valence electrons. The number of rotatable bonds is 1. The number of carbonyl (C=O) groups excluding carboxylic acids is 1. The monoisotopic (exact) mass is 288 g/mol. The smallest absolute Gasteiger partial charge is 0.324 e. The Labute approximate surface area is 126 Å². The van der Waals surface area contributed by atoms with Crippen LogP contribution in [0.2, 0.25) is 0 Å². The normalized spacial score (nSPS) is 24.8. The van der Waals surface area contributed by atoms with Gasteiger partial charge in [-0.25, -0.2) is 4.79 Å². The van der Waals surface area contributed by atoms with Gasteiger partial charge in [-0.05, 0) is 44.7 Å². The predicted octanol–water partition coefficient (Wildman–Crippen LogP) is 3.99. The Bertz CT molecular complexity index is 481. The van der Waals surface area contributed by atoms with E-state index in [-0.39, 0.29) is 17.9 Å². The van der Waals surface area contributed by atoms with Crippen molar-refractivity contribution in [2.24, 2.45) is 0 Å². The highest BCUT2D eigenvalue weighted by atomic mass is 16.5. The highest BCUT2D eigenvalue weighted by molar-refractivity contribution is 5.89. The van der Waals surface area contributed by atoms with Gasteiger partial charge in [0.15, 0.2) is 0 Å². The number of amides is 2. The van der Waals surface area contributed by atoms with Gasteiger partial charge >= 0.3 is 6.03 Å². The number of ether oxygens (including phenoxy) is 1. The van der Waals surface area contributed by atoms with Crippen molar-refractivity contribution in [3.8, 4) is 0 Å². The minimum absolute atomic E-state index is 0.0348. The van der Waals surface area contributed by atoms with Crippen LogP contribution in [-0.4, -0.2) is 29.3 Å². The Balaban J connectivity index is 1.76. The van der Waals surface area contributed by atoms with E-state index in [0.29, 0.717) is 6.54 Å². The largest absolute Gasteiger partial charge is 0.351 e. The number of urea groups is 1. The fourth-order valence-electron chi connectivity index (χ4n) is 3.55. The number of carbonyl (C=O) groups is 1. The van der Waals surface area contributed by atoms with Gasteiger partial charge in [0.25, 0.3) is 0 Å². The SMILES string of the molecule is CC1CN(C(=O)Nc2ccccc2)C2(CCCCCC2)O1. The number of anilines is 1. The fourth-order valence-corrected chi connectivity index (χ4v) is 3.55. The summed E-state index contributed by atoms with van der Waals surface area (Å²) in [6, 6.07) is 9.60. The molecule has 3 rings (SSSR count). The maximum absolute atomic E-state index is 12.7. The highest BCUT2D eigenvalue weighted by Gasteiger charge is 2.47. The van der Waals surface area contributed by atoms with E-state index in [1.54, 1.807) is 0 Å². The van der Waals surface area contributed by atoms with Crippen LogP contribution in [0.15, 0.2) is 30.3 Å². The first-order chi connectivity index (χ1) is 10.2. The number of nitrogens with zero attached hydrogens (tertiary/aromatic N) is 1. The summed E-state index contributed by atoms with van der Waals surface area (Å²) in [6.45, 7) is 2.74. The lowest BCUT2D eigenvalue weighted by atomic mass is 10.0. The molecule has 1 aliphatic carbocycles. The molecule has 1 spiro atoms. The van der Waals surface area contributed by atoms with Crippen molar-refractivity contribution in [2.75, 3.05) is 11.9 Å². The molecular formula is C17H24N2O2. The average molecular weight is 288 g/mol. The maximum Gasteiger partial charge on any atom is 0.324 e. The zero-order valence-electron chi connectivity index (χ0n) is 12.7. The van der Waals surface area contributed by atoms with E-state index in [9.17, 15) is 4.79 Å². The van der Waals surface area contributed by atoms with Crippen molar-refractivity contribution in [3.05, 3.63) is 30.3 Å². The van der Waals surface area contributed by atoms with Crippen molar-refractivity contribution >= 4 is 11.7 Å². The second-order valence-corrected chi connectivity index (χ2v) is 6.20. The second kappa shape index (κ2) is 6.06. The molecule has 1 aromatic rings. The predicted molar refractivity (Wildman–Crippen MR) is 83.1 cm³/mol. The molecule has 1 N–H and O–H groups in total. The molecule has 2 aliphatic rings. The molecule has 1 aliphatic heterocycles. The van der Waals surface area contributed by atoms with E-state index >= 15 is 0 Å². The van der Waals surface area contributed by atoms with Gasteiger partial charge in [0.05, 0.1) is 12.6 Å². The molecule has 0 radical (unpaired) electrons. The fraction of sp³-hybridized carbons (Fsp3) is 0.588. The van der Waals surface area contributed by atoms with Gasteiger partial charge in [-0.3, -0.25) is 4.90 Å². The van der Waals surface area contributed by atoms with Crippen molar-refractivity contribution in [3.63, 3.8) is 0 Å². The summed E-state index contributed by atoms with van der Waals surface area (Å²) in [5.41, 5.74) is 0.459. The van der Waals surface area contributed by atoms with Crippen LogP contribution in [-0.2, 0) is 4.74 Å². The van der Waals surface area contributed by atoms with Crippen LogP contribution >= 0.6 is 0 Å². The van der Waals surface area contributed by atoms with Crippen LogP contribution in [0.4, 0.5) is 10.5 Å². The van der Waals surface area contributed by atoms with Crippen LogP contribution in [0, 0.1) is 0 Å². The van der Waals surface area contributed by atoms with Crippen LogP contribution < -0.4 is 5.32 Å². The molecule has 2 amide bonds. The number of benzene rings is 1. The molecule has 4 heteroatoms. The van der Waals surface area contributed by atoms with Gasteiger partial charge in [-0.1, -0.05) is 31.0 Å². The minimum Gasteiger partial charge on any atom is -0.351 e. The Kier molecular flexibility index (Phi) is 4.15. The third kappa shape index (κ3) is 3.05. The molecular weight excluding hydrogens is 264 g/mol.